The average Bonchev–Trinajstić information content (AvgIpc) is 2.29. The van der Waals surface area contributed by atoms with E-state index in [-0.39, 0.29) is 6.54 Å². The van der Waals surface area contributed by atoms with Gasteiger partial charge in [-0.3, -0.25) is 4.79 Å². The first kappa shape index (κ1) is 13.6. The first-order chi connectivity index (χ1) is 8.13. The van der Waals surface area contributed by atoms with Crippen molar-refractivity contribution in [3.05, 3.63) is 35.4 Å². The van der Waals surface area contributed by atoms with Crippen molar-refractivity contribution in [3.8, 4) is 0 Å². The fourth-order valence-corrected chi connectivity index (χ4v) is 1.45. The number of amides is 1. The van der Waals surface area contributed by atoms with E-state index in [1.807, 2.05) is 24.3 Å². The number of methoxy groups -OCH3 is 1. The van der Waals surface area contributed by atoms with Crippen molar-refractivity contribution in [2.24, 2.45) is 5.73 Å². The Bertz CT molecular complexity index is 369. The van der Waals surface area contributed by atoms with Crippen molar-refractivity contribution in [3.63, 3.8) is 0 Å². The maximum absolute atomic E-state index is 10.6. The van der Waals surface area contributed by atoms with Crippen molar-refractivity contribution >= 4 is 5.91 Å². The molecule has 0 radical (unpaired) electrons. The molecule has 4 N–H and O–H groups in total. The SMILES string of the molecule is COCc1cccc(CNCC(O)C(N)=O)c1. The Morgan fingerprint density at radius 1 is 1.53 bits per heavy atom. The number of ether oxygens (including phenoxy) is 1. The normalized spacial score (nSPS) is 12.4. The molecule has 0 aromatic heterocycles. The molecule has 0 bridgehead atoms. The third kappa shape index (κ3) is 4.95. The second-order valence-electron chi connectivity index (χ2n) is 3.80. The van der Waals surface area contributed by atoms with Gasteiger partial charge in [-0.1, -0.05) is 24.3 Å². The van der Waals surface area contributed by atoms with Gasteiger partial charge in [-0.25, -0.2) is 0 Å². The second-order valence-corrected chi connectivity index (χ2v) is 3.80. The number of aliphatic hydroxyl groups excluding tert-OH is 1. The van der Waals surface area contributed by atoms with Crippen LogP contribution in [0.5, 0.6) is 0 Å². The van der Waals surface area contributed by atoms with Crippen LogP contribution < -0.4 is 11.1 Å². The van der Waals surface area contributed by atoms with E-state index in [4.69, 9.17) is 10.5 Å². The zero-order chi connectivity index (χ0) is 12.7. The predicted octanol–water partition coefficient (Wildman–Crippen LogP) is -0.231. The molecule has 0 saturated heterocycles. The third-order valence-corrected chi connectivity index (χ3v) is 2.30. The van der Waals surface area contributed by atoms with Crippen molar-refractivity contribution in [2.75, 3.05) is 13.7 Å². The lowest BCUT2D eigenvalue weighted by molar-refractivity contribution is -0.125. The number of nitrogens with two attached hydrogens (primary N) is 1. The molecule has 1 atom stereocenters. The van der Waals surface area contributed by atoms with Crippen LogP contribution in [-0.4, -0.2) is 30.8 Å². The predicted molar refractivity (Wildman–Crippen MR) is 64.1 cm³/mol. The van der Waals surface area contributed by atoms with Crippen LogP contribution in [0.25, 0.3) is 0 Å². The molecule has 1 amide bonds. The van der Waals surface area contributed by atoms with E-state index < -0.39 is 12.0 Å². The number of primary amides is 1. The summed E-state index contributed by atoms with van der Waals surface area (Å²) in [5, 5.41) is 12.1. The Kier molecular flexibility index (Phi) is 5.62. The van der Waals surface area contributed by atoms with Crippen LogP contribution in [0.3, 0.4) is 0 Å². The van der Waals surface area contributed by atoms with Gasteiger partial charge in [0.05, 0.1) is 6.61 Å². The van der Waals surface area contributed by atoms with E-state index >= 15 is 0 Å². The Hall–Kier alpha value is -1.43. The highest BCUT2D eigenvalue weighted by molar-refractivity contribution is 5.78. The maximum atomic E-state index is 10.6. The lowest BCUT2D eigenvalue weighted by Gasteiger charge is -2.09. The lowest BCUT2D eigenvalue weighted by Crippen LogP contribution is -2.37. The Balaban J connectivity index is 2.41. The number of rotatable bonds is 7. The highest BCUT2D eigenvalue weighted by Crippen LogP contribution is 2.06. The summed E-state index contributed by atoms with van der Waals surface area (Å²) in [7, 11) is 1.65. The van der Waals surface area contributed by atoms with Gasteiger partial charge in [0.1, 0.15) is 6.10 Å². The number of nitrogens with one attached hydrogen (secondary N) is 1. The fourth-order valence-electron chi connectivity index (χ4n) is 1.45. The van der Waals surface area contributed by atoms with Gasteiger partial charge in [-0.2, -0.15) is 0 Å². The van der Waals surface area contributed by atoms with Gasteiger partial charge < -0.3 is 20.9 Å². The quantitative estimate of drug-likeness (QED) is 0.612. The van der Waals surface area contributed by atoms with E-state index in [1.54, 1.807) is 7.11 Å². The van der Waals surface area contributed by atoms with Crippen molar-refractivity contribution < 1.29 is 14.6 Å². The number of hydrogen-bond donors (Lipinski definition) is 3. The van der Waals surface area contributed by atoms with Gasteiger partial charge in [-0.05, 0) is 11.1 Å². The maximum Gasteiger partial charge on any atom is 0.247 e. The number of hydrogen-bond acceptors (Lipinski definition) is 4. The molecule has 0 aliphatic heterocycles. The summed E-state index contributed by atoms with van der Waals surface area (Å²) in [4.78, 5) is 10.6. The van der Waals surface area contributed by atoms with Gasteiger partial charge in [-0.15, -0.1) is 0 Å². The number of carbonyl (C=O) groups excluding carboxylic acids is 1. The molecule has 0 fully saturated rings. The van der Waals surface area contributed by atoms with Gasteiger partial charge in [0.15, 0.2) is 0 Å². The number of aliphatic hydroxyl groups is 1. The second kappa shape index (κ2) is 7.01. The summed E-state index contributed by atoms with van der Waals surface area (Å²) in [6, 6.07) is 7.89. The zero-order valence-electron chi connectivity index (χ0n) is 9.85. The molecule has 1 aromatic carbocycles. The minimum Gasteiger partial charge on any atom is -0.382 e. The van der Waals surface area contributed by atoms with Gasteiger partial charge in [0.2, 0.25) is 5.91 Å². The largest absolute Gasteiger partial charge is 0.382 e. The Morgan fingerprint density at radius 2 is 2.24 bits per heavy atom. The molecular formula is C12H18N2O3. The highest BCUT2D eigenvalue weighted by Gasteiger charge is 2.09. The van der Waals surface area contributed by atoms with Gasteiger partial charge in [0, 0.05) is 20.2 Å². The van der Waals surface area contributed by atoms with Crippen LogP contribution in [0.4, 0.5) is 0 Å². The summed E-state index contributed by atoms with van der Waals surface area (Å²) in [6.07, 6.45) is -1.14. The standard InChI is InChI=1S/C12H18N2O3/c1-17-8-10-4-2-3-9(5-10)6-14-7-11(15)12(13)16/h2-5,11,14-15H,6-8H2,1H3,(H2,13,16). The molecule has 0 aliphatic carbocycles. The van der Waals surface area contributed by atoms with Crippen LogP contribution >= 0.6 is 0 Å². The average molecular weight is 238 g/mol. The highest BCUT2D eigenvalue weighted by atomic mass is 16.5. The van der Waals surface area contributed by atoms with E-state index in [0.717, 1.165) is 11.1 Å². The first-order valence-electron chi connectivity index (χ1n) is 5.38. The first-order valence-corrected chi connectivity index (χ1v) is 5.38. The van der Waals surface area contributed by atoms with Crippen molar-refractivity contribution in [2.45, 2.75) is 19.3 Å². The molecule has 17 heavy (non-hydrogen) atoms. The molecule has 0 aliphatic rings. The van der Waals surface area contributed by atoms with Crippen LogP contribution in [0.2, 0.25) is 0 Å². The molecule has 1 aromatic rings. The van der Waals surface area contributed by atoms with Crippen molar-refractivity contribution in [1.82, 2.24) is 5.32 Å². The fraction of sp³-hybridized carbons (Fsp3) is 0.417. The molecule has 1 unspecified atom stereocenters. The Labute approximate surface area is 101 Å². The molecule has 0 saturated carbocycles. The van der Waals surface area contributed by atoms with E-state index in [1.165, 1.54) is 0 Å². The molecular weight excluding hydrogens is 220 g/mol. The number of carbonyl (C=O) groups is 1. The molecule has 0 heterocycles. The topological polar surface area (TPSA) is 84.6 Å². The van der Waals surface area contributed by atoms with Gasteiger partial charge in [0.25, 0.3) is 0 Å². The Morgan fingerprint density at radius 3 is 2.88 bits per heavy atom. The minimum absolute atomic E-state index is 0.157. The van der Waals surface area contributed by atoms with E-state index in [2.05, 4.69) is 5.32 Å². The molecule has 0 spiro atoms. The summed E-state index contributed by atoms with van der Waals surface area (Å²) >= 11 is 0. The van der Waals surface area contributed by atoms with Crippen LogP contribution in [0, 0.1) is 0 Å². The smallest absolute Gasteiger partial charge is 0.247 e. The summed E-state index contributed by atoms with van der Waals surface area (Å²) < 4.78 is 5.04. The summed E-state index contributed by atoms with van der Waals surface area (Å²) in [5.41, 5.74) is 7.08. The van der Waals surface area contributed by atoms with Crippen molar-refractivity contribution in [1.29, 1.82) is 0 Å². The molecule has 5 heteroatoms. The zero-order valence-corrected chi connectivity index (χ0v) is 9.85. The van der Waals surface area contributed by atoms with Gasteiger partial charge >= 0.3 is 0 Å². The molecule has 5 nitrogen and oxygen atoms in total. The summed E-state index contributed by atoms with van der Waals surface area (Å²) in [5.74, 6) is -0.717. The lowest BCUT2D eigenvalue weighted by atomic mass is 10.1. The summed E-state index contributed by atoms with van der Waals surface area (Å²) in [6.45, 7) is 1.30. The monoisotopic (exact) mass is 238 g/mol. The van der Waals surface area contributed by atoms with Crippen LogP contribution in [0.15, 0.2) is 24.3 Å². The van der Waals surface area contributed by atoms with E-state index in [9.17, 15) is 9.90 Å². The minimum atomic E-state index is -1.14. The van der Waals surface area contributed by atoms with Crippen LogP contribution in [-0.2, 0) is 22.7 Å². The molecule has 1 rings (SSSR count). The van der Waals surface area contributed by atoms with E-state index in [0.29, 0.717) is 13.2 Å². The van der Waals surface area contributed by atoms with Crippen LogP contribution in [0.1, 0.15) is 11.1 Å². The number of benzene rings is 1. The molecule has 94 valence electrons. The third-order valence-electron chi connectivity index (χ3n) is 2.30.